The molecule has 1 rings (SSSR count). The second-order valence-corrected chi connectivity index (χ2v) is 4.70. The Kier molecular flexibility index (Phi) is 6.47. The van der Waals surface area contributed by atoms with Crippen LogP contribution >= 0.6 is 0 Å². The molecule has 0 aromatic heterocycles. The van der Waals surface area contributed by atoms with Gasteiger partial charge in [-0.2, -0.15) is 0 Å². The number of rotatable bonds is 6. The molecule has 5 heteroatoms. The van der Waals surface area contributed by atoms with Crippen LogP contribution in [0.5, 0.6) is 0 Å². The van der Waals surface area contributed by atoms with Gasteiger partial charge in [0.25, 0.3) is 0 Å². The first-order valence-electron chi connectivity index (χ1n) is 6.50. The van der Waals surface area contributed by atoms with Crippen molar-refractivity contribution in [3.05, 3.63) is 0 Å². The van der Waals surface area contributed by atoms with E-state index in [1.165, 1.54) is 0 Å². The molecule has 1 fully saturated rings. The van der Waals surface area contributed by atoms with Crippen LogP contribution in [-0.4, -0.2) is 55.7 Å². The van der Waals surface area contributed by atoms with E-state index in [4.69, 9.17) is 10.5 Å². The summed E-state index contributed by atoms with van der Waals surface area (Å²) in [5.41, 5.74) is 5.41. The van der Waals surface area contributed by atoms with E-state index < -0.39 is 0 Å². The van der Waals surface area contributed by atoms with Crippen LogP contribution in [0, 0.1) is 0 Å². The van der Waals surface area contributed by atoms with E-state index in [2.05, 4.69) is 24.1 Å². The third-order valence-corrected chi connectivity index (χ3v) is 2.96. The van der Waals surface area contributed by atoms with Crippen LogP contribution in [0.25, 0.3) is 0 Å². The van der Waals surface area contributed by atoms with E-state index >= 15 is 0 Å². The second kappa shape index (κ2) is 7.63. The standard InChI is InChI=1S/C12H25N3O2/c1-3-5-14-11(12(13)16)9-15-6-4-7-17-10(2)8-15/h10-11,14H,3-9H2,1-2H3,(H2,13,16). The van der Waals surface area contributed by atoms with Crippen molar-refractivity contribution in [3.8, 4) is 0 Å². The van der Waals surface area contributed by atoms with E-state index in [0.29, 0.717) is 6.54 Å². The number of ether oxygens (including phenoxy) is 1. The van der Waals surface area contributed by atoms with Gasteiger partial charge in [0, 0.05) is 26.2 Å². The first kappa shape index (κ1) is 14.4. The number of primary amides is 1. The number of carbonyl (C=O) groups excluding carboxylic acids is 1. The molecule has 1 aliphatic rings. The number of hydrogen-bond acceptors (Lipinski definition) is 4. The van der Waals surface area contributed by atoms with Gasteiger partial charge in [-0.1, -0.05) is 6.92 Å². The molecule has 2 atom stereocenters. The minimum atomic E-state index is -0.267. The molecule has 5 nitrogen and oxygen atoms in total. The van der Waals surface area contributed by atoms with Crippen LogP contribution in [0.1, 0.15) is 26.7 Å². The molecule has 0 aromatic rings. The molecule has 0 bridgehead atoms. The maximum atomic E-state index is 11.3. The Hall–Kier alpha value is -0.650. The molecular weight excluding hydrogens is 218 g/mol. The molecule has 0 aliphatic carbocycles. The van der Waals surface area contributed by atoms with E-state index in [-0.39, 0.29) is 18.1 Å². The molecule has 17 heavy (non-hydrogen) atoms. The summed E-state index contributed by atoms with van der Waals surface area (Å²) in [6, 6.07) is -0.250. The number of hydrogen-bond donors (Lipinski definition) is 2. The monoisotopic (exact) mass is 243 g/mol. The summed E-state index contributed by atoms with van der Waals surface area (Å²) in [6.07, 6.45) is 2.25. The lowest BCUT2D eigenvalue weighted by Crippen LogP contribution is -2.50. The SMILES string of the molecule is CCCNC(CN1CCCOC(C)C1)C(N)=O. The Morgan fingerprint density at radius 1 is 1.65 bits per heavy atom. The van der Waals surface area contributed by atoms with Crippen LogP contribution in [0.4, 0.5) is 0 Å². The molecule has 2 unspecified atom stereocenters. The van der Waals surface area contributed by atoms with Crippen LogP contribution in [0.15, 0.2) is 0 Å². The Bertz CT molecular complexity index is 236. The quantitative estimate of drug-likeness (QED) is 0.686. The Balaban J connectivity index is 2.43. The highest BCUT2D eigenvalue weighted by Gasteiger charge is 2.21. The molecule has 0 saturated carbocycles. The van der Waals surface area contributed by atoms with Gasteiger partial charge in [-0.25, -0.2) is 0 Å². The molecule has 0 spiro atoms. The van der Waals surface area contributed by atoms with Gasteiger partial charge in [0.2, 0.25) is 5.91 Å². The Morgan fingerprint density at radius 3 is 3.06 bits per heavy atom. The zero-order valence-electron chi connectivity index (χ0n) is 10.9. The number of nitrogens with one attached hydrogen (secondary N) is 1. The summed E-state index contributed by atoms with van der Waals surface area (Å²) in [5, 5.41) is 3.19. The van der Waals surface area contributed by atoms with Crippen molar-refractivity contribution >= 4 is 5.91 Å². The van der Waals surface area contributed by atoms with Gasteiger partial charge >= 0.3 is 0 Å². The molecule has 3 N–H and O–H groups in total. The van der Waals surface area contributed by atoms with Crippen molar-refractivity contribution in [1.29, 1.82) is 0 Å². The van der Waals surface area contributed by atoms with Gasteiger partial charge in [0.05, 0.1) is 12.1 Å². The third kappa shape index (κ3) is 5.48. The topological polar surface area (TPSA) is 67.6 Å². The van der Waals surface area contributed by atoms with Crippen molar-refractivity contribution in [1.82, 2.24) is 10.2 Å². The fourth-order valence-electron chi connectivity index (χ4n) is 2.08. The van der Waals surface area contributed by atoms with Gasteiger partial charge in [0.15, 0.2) is 0 Å². The summed E-state index contributed by atoms with van der Waals surface area (Å²) >= 11 is 0. The van der Waals surface area contributed by atoms with Crippen molar-refractivity contribution in [3.63, 3.8) is 0 Å². The lowest BCUT2D eigenvalue weighted by Gasteiger charge is -2.26. The van der Waals surface area contributed by atoms with Crippen LogP contribution in [0.2, 0.25) is 0 Å². The van der Waals surface area contributed by atoms with Gasteiger partial charge < -0.3 is 15.8 Å². The van der Waals surface area contributed by atoms with Crippen molar-refractivity contribution in [2.45, 2.75) is 38.8 Å². The number of carbonyl (C=O) groups is 1. The zero-order valence-corrected chi connectivity index (χ0v) is 10.9. The molecule has 1 aliphatic heterocycles. The van der Waals surface area contributed by atoms with Crippen LogP contribution in [-0.2, 0) is 9.53 Å². The fraction of sp³-hybridized carbons (Fsp3) is 0.917. The number of nitrogens with two attached hydrogens (primary N) is 1. The average molecular weight is 243 g/mol. The van der Waals surface area contributed by atoms with Gasteiger partial charge in [-0.3, -0.25) is 9.69 Å². The Labute approximate surface area is 104 Å². The summed E-state index contributed by atoms with van der Waals surface area (Å²) in [5.74, 6) is -0.267. The van der Waals surface area contributed by atoms with Gasteiger partial charge in [-0.15, -0.1) is 0 Å². The molecule has 1 heterocycles. The maximum absolute atomic E-state index is 11.3. The third-order valence-electron chi connectivity index (χ3n) is 2.96. The van der Waals surface area contributed by atoms with Gasteiger partial charge in [-0.05, 0) is 26.3 Å². The van der Waals surface area contributed by atoms with E-state index in [1.54, 1.807) is 0 Å². The molecule has 1 amide bonds. The predicted molar refractivity (Wildman–Crippen MR) is 67.7 cm³/mol. The van der Waals surface area contributed by atoms with E-state index in [9.17, 15) is 4.79 Å². The highest BCUT2D eigenvalue weighted by molar-refractivity contribution is 5.80. The average Bonchev–Trinajstić information content (AvgIpc) is 2.48. The minimum Gasteiger partial charge on any atom is -0.377 e. The van der Waals surface area contributed by atoms with Gasteiger partial charge in [0.1, 0.15) is 0 Å². The van der Waals surface area contributed by atoms with E-state index in [0.717, 1.165) is 39.1 Å². The zero-order chi connectivity index (χ0) is 12.7. The molecular formula is C12H25N3O2. The summed E-state index contributed by atoms with van der Waals surface area (Å²) in [6.45, 7) is 8.31. The minimum absolute atomic E-state index is 0.234. The lowest BCUT2D eigenvalue weighted by molar-refractivity contribution is -0.120. The normalized spacial score (nSPS) is 24.2. The summed E-state index contributed by atoms with van der Waals surface area (Å²) < 4.78 is 5.58. The summed E-state index contributed by atoms with van der Waals surface area (Å²) in [4.78, 5) is 13.6. The molecule has 100 valence electrons. The number of nitrogens with zero attached hydrogens (tertiary/aromatic N) is 1. The first-order chi connectivity index (χ1) is 8.13. The lowest BCUT2D eigenvalue weighted by atomic mass is 10.2. The summed E-state index contributed by atoms with van der Waals surface area (Å²) in [7, 11) is 0. The highest BCUT2D eigenvalue weighted by Crippen LogP contribution is 2.06. The smallest absolute Gasteiger partial charge is 0.235 e. The van der Waals surface area contributed by atoms with Crippen molar-refractivity contribution < 1.29 is 9.53 Å². The molecule has 1 saturated heterocycles. The maximum Gasteiger partial charge on any atom is 0.235 e. The first-order valence-corrected chi connectivity index (χ1v) is 6.50. The molecule has 0 radical (unpaired) electrons. The fourth-order valence-corrected chi connectivity index (χ4v) is 2.08. The van der Waals surface area contributed by atoms with E-state index in [1.807, 2.05) is 0 Å². The highest BCUT2D eigenvalue weighted by atomic mass is 16.5. The van der Waals surface area contributed by atoms with Crippen LogP contribution in [0.3, 0.4) is 0 Å². The largest absolute Gasteiger partial charge is 0.377 e. The second-order valence-electron chi connectivity index (χ2n) is 4.70. The number of amides is 1. The molecule has 0 aromatic carbocycles. The Morgan fingerprint density at radius 2 is 2.41 bits per heavy atom. The van der Waals surface area contributed by atoms with Crippen LogP contribution < -0.4 is 11.1 Å². The van der Waals surface area contributed by atoms with Crippen molar-refractivity contribution in [2.75, 3.05) is 32.8 Å². The predicted octanol–water partition coefficient (Wildman–Crippen LogP) is -0.0493. The van der Waals surface area contributed by atoms with Crippen molar-refractivity contribution in [2.24, 2.45) is 5.73 Å².